The molecular formula is C21H39O. The van der Waals surface area contributed by atoms with Crippen molar-refractivity contribution in [3.63, 3.8) is 0 Å². The van der Waals surface area contributed by atoms with Gasteiger partial charge in [0.05, 0.1) is 0 Å². The van der Waals surface area contributed by atoms with E-state index >= 15 is 0 Å². The third-order valence-corrected chi connectivity index (χ3v) is 4.52. The van der Waals surface area contributed by atoms with Gasteiger partial charge in [0.1, 0.15) is 0 Å². The second-order valence-corrected chi connectivity index (χ2v) is 6.72. The van der Waals surface area contributed by atoms with Crippen molar-refractivity contribution in [2.45, 2.75) is 110 Å². The van der Waals surface area contributed by atoms with Gasteiger partial charge in [0.25, 0.3) is 0 Å². The van der Waals surface area contributed by atoms with Crippen LogP contribution < -0.4 is 0 Å². The van der Waals surface area contributed by atoms with Gasteiger partial charge in [-0.25, -0.2) is 0 Å². The fraction of sp³-hybridized carbons (Fsp3) is 0.857. The molecule has 129 valence electrons. The molecule has 1 unspecified atom stereocenters. The van der Waals surface area contributed by atoms with Gasteiger partial charge in [-0.1, -0.05) is 103 Å². The molecule has 1 nitrogen and oxygen atoms in total. The van der Waals surface area contributed by atoms with Gasteiger partial charge in [0.2, 0.25) is 6.29 Å². The number of hydrogen-bond donors (Lipinski definition) is 0. The first-order valence-electron chi connectivity index (χ1n) is 9.83. The average molecular weight is 308 g/mol. The molecule has 0 aromatic heterocycles. The fourth-order valence-corrected chi connectivity index (χ4v) is 3.01. The SMILES string of the molecule is C=CCC([C]=O)CCCCCCCCCCCCCCCC. The number of rotatable bonds is 18. The third-order valence-electron chi connectivity index (χ3n) is 4.52. The summed E-state index contributed by atoms with van der Waals surface area (Å²) < 4.78 is 0. The Kier molecular flexibility index (Phi) is 18.0. The lowest BCUT2D eigenvalue weighted by molar-refractivity contribution is 0.484. The zero-order valence-electron chi connectivity index (χ0n) is 15.1. The minimum Gasteiger partial charge on any atom is -0.291 e. The van der Waals surface area contributed by atoms with Gasteiger partial charge in [-0.3, -0.25) is 4.79 Å². The zero-order chi connectivity index (χ0) is 16.3. The quantitative estimate of drug-likeness (QED) is 0.194. The topological polar surface area (TPSA) is 17.1 Å². The molecular weight excluding hydrogens is 268 g/mol. The van der Waals surface area contributed by atoms with Gasteiger partial charge in [0.15, 0.2) is 0 Å². The molecule has 0 rings (SSSR count). The number of hydrogen-bond acceptors (Lipinski definition) is 1. The molecule has 0 aliphatic heterocycles. The summed E-state index contributed by atoms with van der Waals surface area (Å²) in [6.07, 6.45) is 25.1. The number of unbranched alkanes of at least 4 members (excludes halogenated alkanes) is 13. The molecule has 1 heteroatoms. The van der Waals surface area contributed by atoms with Crippen molar-refractivity contribution in [2.24, 2.45) is 5.92 Å². The van der Waals surface area contributed by atoms with Crippen LogP contribution >= 0.6 is 0 Å². The van der Waals surface area contributed by atoms with E-state index in [-0.39, 0.29) is 5.92 Å². The summed E-state index contributed by atoms with van der Waals surface area (Å²) in [6.45, 7) is 5.97. The van der Waals surface area contributed by atoms with E-state index in [2.05, 4.69) is 19.8 Å². The molecule has 0 amide bonds. The summed E-state index contributed by atoms with van der Waals surface area (Å²) in [5.41, 5.74) is 0. The standard InChI is InChI=1S/C21H39O/c1-3-5-6-7-8-9-10-11-12-13-14-15-16-17-19-21(20-22)18-4-2/h4,21H,2-3,5-19H2,1H3. The van der Waals surface area contributed by atoms with Crippen molar-refractivity contribution in [1.29, 1.82) is 0 Å². The smallest absolute Gasteiger partial charge is 0.202 e. The first kappa shape index (κ1) is 21.4. The van der Waals surface area contributed by atoms with Crippen molar-refractivity contribution in [3.05, 3.63) is 12.7 Å². The summed E-state index contributed by atoms with van der Waals surface area (Å²) in [6, 6.07) is 0. The van der Waals surface area contributed by atoms with E-state index in [0.29, 0.717) is 0 Å². The Balaban J connectivity index is 3.11. The molecule has 0 aliphatic rings. The molecule has 0 bridgehead atoms. The minimum absolute atomic E-state index is 0.0924. The van der Waals surface area contributed by atoms with E-state index in [9.17, 15) is 4.79 Å². The summed E-state index contributed by atoms with van der Waals surface area (Å²) in [4.78, 5) is 10.7. The molecule has 1 atom stereocenters. The van der Waals surface area contributed by atoms with Gasteiger partial charge in [0, 0.05) is 5.92 Å². The van der Waals surface area contributed by atoms with Crippen molar-refractivity contribution in [3.8, 4) is 0 Å². The van der Waals surface area contributed by atoms with Crippen LogP contribution in [0.25, 0.3) is 0 Å². The van der Waals surface area contributed by atoms with Crippen molar-refractivity contribution in [2.75, 3.05) is 0 Å². The molecule has 1 radical (unpaired) electrons. The lowest BCUT2D eigenvalue weighted by Crippen LogP contribution is -1.99. The molecule has 0 spiro atoms. The summed E-state index contributed by atoms with van der Waals surface area (Å²) >= 11 is 0. The molecule has 22 heavy (non-hydrogen) atoms. The highest BCUT2D eigenvalue weighted by atomic mass is 16.1. The highest BCUT2D eigenvalue weighted by molar-refractivity contribution is 5.54. The Hall–Kier alpha value is -0.590. The van der Waals surface area contributed by atoms with E-state index in [1.807, 2.05) is 6.08 Å². The van der Waals surface area contributed by atoms with Crippen LogP contribution in [0.2, 0.25) is 0 Å². The largest absolute Gasteiger partial charge is 0.291 e. The van der Waals surface area contributed by atoms with E-state index in [4.69, 9.17) is 0 Å². The van der Waals surface area contributed by atoms with Crippen LogP contribution in [0.15, 0.2) is 12.7 Å². The van der Waals surface area contributed by atoms with E-state index < -0.39 is 0 Å². The summed E-state index contributed by atoms with van der Waals surface area (Å²) in [5.74, 6) is 0.0924. The molecule has 0 aromatic rings. The van der Waals surface area contributed by atoms with Gasteiger partial charge in [-0.15, -0.1) is 6.58 Å². The highest BCUT2D eigenvalue weighted by Gasteiger charge is 2.05. The molecule has 0 aliphatic carbocycles. The van der Waals surface area contributed by atoms with Crippen LogP contribution in [0.1, 0.15) is 110 Å². The first-order valence-corrected chi connectivity index (χ1v) is 9.83. The molecule has 0 saturated heterocycles. The minimum atomic E-state index is 0.0924. The lowest BCUT2D eigenvalue weighted by atomic mass is 9.98. The van der Waals surface area contributed by atoms with Crippen molar-refractivity contribution < 1.29 is 4.79 Å². The first-order chi connectivity index (χ1) is 10.8. The molecule has 0 heterocycles. The monoisotopic (exact) mass is 307 g/mol. The van der Waals surface area contributed by atoms with Crippen LogP contribution in [0.3, 0.4) is 0 Å². The maximum Gasteiger partial charge on any atom is 0.202 e. The lowest BCUT2D eigenvalue weighted by Gasteiger charge is -2.06. The van der Waals surface area contributed by atoms with E-state index in [1.54, 1.807) is 0 Å². The average Bonchev–Trinajstić information content (AvgIpc) is 2.54. The molecule has 0 saturated carbocycles. The summed E-state index contributed by atoms with van der Waals surface area (Å²) in [5, 5.41) is 0. The van der Waals surface area contributed by atoms with Crippen LogP contribution in [-0.4, -0.2) is 6.29 Å². The zero-order valence-corrected chi connectivity index (χ0v) is 15.1. The van der Waals surface area contributed by atoms with Crippen LogP contribution in [0.4, 0.5) is 0 Å². The summed E-state index contributed by atoms with van der Waals surface area (Å²) in [7, 11) is 0. The Morgan fingerprint density at radius 2 is 1.18 bits per heavy atom. The van der Waals surface area contributed by atoms with Crippen LogP contribution in [-0.2, 0) is 4.79 Å². The van der Waals surface area contributed by atoms with E-state index in [1.165, 1.54) is 89.9 Å². The Bertz CT molecular complexity index is 234. The fourth-order valence-electron chi connectivity index (χ4n) is 3.01. The predicted molar refractivity (Wildman–Crippen MR) is 98.9 cm³/mol. The molecule has 0 fully saturated rings. The second-order valence-electron chi connectivity index (χ2n) is 6.72. The van der Waals surface area contributed by atoms with Crippen LogP contribution in [0, 0.1) is 5.92 Å². The van der Waals surface area contributed by atoms with Crippen LogP contribution in [0.5, 0.6) is 0 Å². The molecule has 0 N–H and O–H groups in total. The van der Waals surface area contributed by atoms with Crippen molar-refractivity contribution >= 4 is 6.29 Å². The Morgan fingerprint density at radius 1 is 0.773 bits per heavy atom. The van der Waals surface area contributed by atoms with Gasteiger partial charge in [-0.05, 0) is 12.8 Å². The maximum atomic E-state index is 10.7. The maximum absolute atomic E-state index is 10.7. The third kappa shape index (κ3) is 15.8. The van der Waals surface area contributed by atoms with Gasteiger partial charge in [-0.2, -0.15) is 0 Å². The van der Waals surface area contributed by atoms with Gasteiger partial charge >= 0.3 is 0 Å². The Labute approximate surface area is 140 Å². The Morgan fingerprint density at radius 3 is 1.55 bits per heavy atom. The molecule has 0 aromatic carbocycles. The number of allylic oxidation sites excluding steroid dienone is 1. The second kappa shape index (κ2) is 18.5. The van der Waals surface area contributed by atoms with Gasteiger partial charge < -0.3 is 0 Å². The number of carbonyl (C=O) groups excluding carboxylic acids is 1. The van der Waals surface area contributed by atoms with E-state index in [0.717, 1.165) is 12.8 Å². The van der Waals surface area contributed by atoms with Crippen molar-refractivity contribution in [1.82, 2.24) is 0 Å². The highest BCUT2D eigenvalue weighted by Crippen LogP contribution is 2.15. The predicted octanol–water partition coefficient (Wildman–Crippen LogP) is 7.16. The normalized spacial score (nSPS) is 12.2.